The highest BCUT2D eigenvalue weighted by Gasteiger charge is 2.39. The molecular weight excluding hydrogens is 218 g/mol. The predicted molar refractivity (Wildman–Crippen MR) is 63.3 cm³/mol. The Kier molecular flexibility index (Phi) is 3.40. The van der Waals surface area contributed by atoms with Gasteiger partial charge >= 0.3 is 5.97 Å². The van der Waals surface area contributed by atoms with Crippen molar-refractivity contribution in [1.29, 1.82) is 0 Å². The zero-order valence-electron chi connectivity index (χ0n) is 9.78. The van der Waals surface area contributed by atoms with Gasteiger partial charge in [-0.15, -0.1) is 0 Å². The number of nitrogens with two attached hydrogens (primary N) is 1. The zero-order valence-corrected chi connectivity index (χ0v) is 9.78. The van der Waals surface area contributed by atoms with Gasteiger partial charge in [0.15, 0.2) is 0 Å². The third kappa shape index (κ3) is 2.45. The van der Waals surface area contributed by atoms with E-state index in [4.69, 9.17) is 10.8 Å². The van der Waals surface area contributed by atoms with Crippen LogP contribution in [0.25, 0.3) is 0 Å². The molecule has 1 aromatic rings. The van der Waals surface area contributed by atoms with Crippen LogP contribution < -0.4 is 5.73 Å². The quantitative estimate of drug-likeness (QED) is 0.797. The summed E-state index contributed by atoms with van der Waals surface area (Å²) in [5.41, 5.74) is 7.06. The number of nitrogens with zero attached hydrogens (tertiary/aromatic N) is 2. The Morgan fingerprint density at radius 3 is 3.00 bits per heavy atom. The number of likely N-dealkylation sites (tertiary alicyclic amines) is 1. The van der Waals surface area contributed by atoms with Gasteiger partial charge in [0.05, 0.1) is 18.2 Å². The van der Waals surface area contributed by atoms with E-state index in [-0.39, 0.29) is 24.4 Å². The Bertz CT molecular complexity index is 396. The number of pyridine rings is 1. The maximum Gasteiger partial charge on any atom is 0.303 e. The van der Waals surface area contributed by atoms with E-state index < -0.39 is 5.97 Å². The molecule has 1 aliphatic rings. The molecule has 0 bridgehead atoms. The standard InChI is InChI=1S/C12H17N3O2/c1-15-7-8(6-10(16)17)11(13)12(15)9-4-2-3-5-14-9/h2-5,8,11-12H,6-7,13H2,1H3,(H,16,17). The van der Waals surface area contributed by atoms with Gasteiger partial charge in [-0.25, -0.2) is 0 Å². The van der Waals surface area contributed by atoms with Crippen LogP contribution in [-0.4, -0.2) is 40.6 Å². The Morgan fingerprint density at radius 1 is 1.65 bits per heavy atom. The number of aromatic nitrogens is 1. The van der Waals surface area contributed by atoms with Crippen molar-refractivity contribution in [3.05, 3.63) is 30.1 Å². The molecule has 1 aliphatic heterocycles. The Hall–Kier alpha value is -1.46. The second-order valence-corrected chi connectivity index (χ2v) is 4.57. The fraction of sp³-hybridized carbons (Fsp3) is 0.500. The van der Waals surface area contributed by atoms with Gasteiger partial charge in [-0.3, -0.25) is 14.7 Å². The van der Waals surface area contributed by atoms with Crippen LogP contribution in [0.3, 0.4) is 0 Å². The fourth-order valence-electron chi connectivity index (χ4n) is 2.56. The summed E-state index contributed by atoms with van der Waals surface area (Å²) in [6.07, 6.45) is 1.86. The Morgan fingerprint density at radius 2 is 2.41 bits per heavy atom. The molecule has 2 heterocycles. The molecule has 1 saturated heterocycles. The number of rotatable bonds is 3. The van der Waals surface area contributed by atoms with E-state index in [1.165, 1.54) is 0 Å². The average Bonchev–Trinajstić information content (AvgIpc) is 2.54. The smallest absolute Gasteiger partial charge is 0.303 e. The van der Waals surface area contributed by atoms with Crippen molar-refractivity contribution in [3.8, 4) is 0 Å². The lowest BCUT2D eigenvalue weighted by Gasteiger charge is -2.22. The van der Waals surface area contributed by atoms with Crippen LogP contribution in [0.1, 0.15) is 18.2 Å². The van der Waals surface area contributed by atoms with Crippen molar-refractivity contribution in [1.82, 2.24) is 9.88 Å². The second kappa shape index (κ2) is 4.81. The fourth-order valence-corrected chi connectivity index (χ4v) is 2.56. The van der Waals surface area contributed by atoms with Gasteiger partial charge in [0, 0.05) is 18.8 Å². The van der Waals surface area contributed by atoms with Crippen LogP contribution in [-0.2, 0) is 4.79 Å². The van der Waals surface area contributed by atoms with Crippen molar-refractivity contribution in [3.63, 3.8) is 0 Å². The Labute approximate surface area is 100 Å². The van der Waals surface area contributed by atoms with Crippen molar-refractivity contribution < 1.29 is 9.90 Å². The highest BCUT2D eigenvalue weighted by atomic mass is 16.4. The summed E-state index contributed by atoms with van der Waals surface area (Å²) < 4.78 is 0. The molecule has 3 atom stereocenters. The summed E-state index contributed by atoms with van der Waals surface area (Å²) in [6.45, 7) is 0.703. The minimum atomic E-state index is -0.791. The second-order valence-electron chi connectivity index (χ2n) is 4.57. The molecule has 1 fully saturated rings. The van der Waals surface area contributed by atoms with Crippen LogP contribution >= 0.6 is 0 Å². The molecule has 0 spiro atoms. The van der Waals surface area contributed by atoms with Gasteiger partial charge in [-0.2, -0.15) is 0 Å². The predicted octanol–water partition coefficient (Wildman–Crippen LogP) is 0.486. The van der Waals surface area contributed by atoms with E-state index in [2.05, 4.69) is 9.88 Å². The molecule has 17 heavy (non-hydrogen) atoms. The van der Waals surface area contributed by atoms with Gasteiger partial charge in [0.1, 0.15) is 0 Å². The van der Waals surface area contributed by atoms with Crippen molar-refractivity contribution in [2.45, 2.75) is 18.5 Å². The van der Waals surface area contributed by atoms with E-state index in [0.717, 1.165) is 5.69 Å². The molecule has 3 unspecified atom stereocenters. The van der Waals surface area contributed by atoms with Crippen molar-refractivity contribution >= 4 is 5.97 Å². The number of carbonyl (C=O) groups is 1. The maximum atomic E-state index is 10.8. The summed E-state index contributed by atoms with van der Waals surface area (Å²) in [5.74, 6) is -0.801. The molecule has 92 valence electrons. The van der Waals surface area contributed by atoms with Crippen LogP contribution in [0, 0.1) is 5.92 Å². The molecule has 0 saturated carbocycles. The monoisotopic (exact) mass is 235 g/mol. The number of hydrogen-bond acceptors (Lipinski definition) is 4. The molecule has 0 amide bonds. The number of carboxylic acid groups (broad SMARTS) is 1. The SMILES string of the molecule is CN1CC(CC(=O)O)C(N)C1c1ccccn1. The first-order chi connectivity index (χ1) is 8.09. The highest BCUT2D eigenvalue weighted by Crippen LogP contribution is 2.33. The van der Waals surface area contributed by atoms with Gasteiger partial charge in [0.2, 0.25) is 0 Å². The first kappa shape index (κ1) is 12.0. The highest BCUT2D eigenvalue weighted by molar-refractivity contribution is 5.67. The molecule has 0 aliphatic carbocycles. The van der Waals surface area contributed by atoms with Crippen LogP contribution in [0.2, 0.25) is 0 Å². The summed E-state index contributed by atoms with van der Waals surface area (Å²) in [5, 5.41) is 8.85. The third-order valence-electron chi connectivity index (χ3n) is 3.33. The molecular formula is C12H17N3O2. The summed E-state index contributed by atoms with van der Waals surface area (Å²) in [6, 6.07) is 5.56. The van der Waals surface area contributed by atoms with Crippen LogP contribution in [0.4, 0.5) is 0 Å². The summed E-state index contributed by atoms with van der Waals surface area (Å²) in [4.78, 5) is 17.2. The van der Waals surface area contributed by atoms with Gasteiger partial charge < -0.3 is 10.8 Å². The maximum absolute atomic E-state index is 10.8. The average molecular weight is 235 g/mol. The molecule has 2 rings (SSSR count). The number of carboxylic acids is 1. The van der Waals surface area contributed by atoms with Crippen molar-refractivity contribution in [2.75, 3.05) is 13.6 Å². The van der Waals surface area contributed by atoms with E-state index >= 15 is 0 Å². The lowest BCUT2D eigenvalue weighted by molar-refractivity contribution is -0.138. The first-order valence-corrected chi connectivity index (χ1v) is 5.68. The van der Waals surface area contributed by atoms with Crippen molar-refractivity contribution in [2.24, 2.45) is 11.7 Å². The zero-order chi connectivity index (χ0) is 12.4. The van der Waals surface area contributed by atoms with Crippen LogP contribution in [0.5, 0.6) is 0 Å². The van der Waals surface area contributed by atoms with Gasteiger partial charge in [-0.1, -0.05) is 6.07 Å². The lowest BCUT2D eigenvalue weighted by atomic mass is 9.94. The largest absolute Gasteiger partial charge is 0.481 e. The van der Waals surface area contributed by atoms with E-state index in [9.17, 15) is 4.79 Å². The third-order valence-corrected chi connectivity index (χ3v) is 3.33. The summed E-state index contributed by atoms with van der Waals surface area (Å²) >= 11 is 0. The molecule has 3 N–H and O–H groups in total. The normalized spacial score (nSPS) is 29.4. The summed E-state index contributed by atoms with van der Waals surface area (Å²) in [7, 11) is 1.96. The lowest BCUT2D eigenvalue weighted by Crippen LogP contribution is -2.34. The van der Waals surface area contributed by atoms with Crippen LogP contribution in [0.15, 0.2) is 24.4 Å². The minimum Gasteiger partial charge on any atom is -0.481 e. The molecule has 1 aromatic heterocycles. The number of aliphatic carboxylic acids is 1. The molecule has 0 aromatic carbocycles. The Balaban J connectivity index is 2.17. The van der Waals surface area contributed by atoms with Gasteiger partial charge in [0.25, 0.3) is 0 Å². The van der Waals surface area contributed by atoms with E-state index in [1.807, 2.05) is 25.2 Å². The van der Waals surface area contributed by atoms with E-state index in [0.29, 0.717) is 6.54 Å². The molecule has 5 heteroatoms. The number of hydrogen-bond donors (Lipinski definition) is 2. The van der Waals surface area contributed by atoms with Gasteiger partial charge in [-0.05, 0) is 25.1 Å². The molecule has 5 nitrogen and oxygen atoms in total. The first-order valence-electron chi connectivity index (χ1n) is 5.68. The minimum absolute atomic E-state index is 0.00972. The molecule has 0 radical (unpaired) electrons. The topological polar surface area (TPSA) is 79.5 Å². The van der Waals surface area contributed by atoms with E-state index in [1.54, 1.807) is 6.20 Å². The number of likely N-dealkylation sites (N-methyl/N-ethyl adjacent to an activating group) is 1.